The molecule has 1 heterocycles. The number of aryl methyl sites for hydroxylation is 1. The van der Waals surface area contributed by atoms with Gasteiger partial charge in [-0.1, -0.05) is 44.2 Å². The van der Waals surface area contributed by atoms with Crippen LogP contribution in [0.15, 0.2) is 36.4 Å². The highest BCUT2D eigenvalue weighted by atomic mass is 35.5. The number of aromatic nitrogens is 1. The molecule has 25 heavy (non-hydrogen) atoms. The number of nitrogens with two attached hydrogens (primary N) is 1. The third-order valence-corrected chi connectivity index (χ3v) is 5.01. The summed E-state index contributed by atoms with van der Waals surface area (Å²) in [5.41, 5.74) is 9.99. The summed E-state index contributed by atoms with van der Waals surface area (Å²) in [4.78, 5) is 12.6. The molecule has 0 saturated heterocycles. The van der Waals surface area contributed by atoms with Crippen molar-refractivity contribution in [2.45, 2.75) is 52.6 Å². The maximum atomic E-state index is 12.6. The largest absolute Gasteiger partial charge is 0.350 e. The van der Waals surface area contributed by atoms with Gasteiger partial charge < -0.3 is 15.6 Å². The molecule has 0 aliphatic carbocycles. The summed E-state index contributed by atoms with van der Waals surface area (Å²) in [6, 6.07) is 12.2. The number of rotatable bonds is 7. The number of nitrogens with zero attached hydrogens (tertiary/aromatic N) is 1. The monoisotopic (exact) mass is 363 g/mol. The van der Waals surface area contributed by atoms with E-state index in [9.17, 15) is 4.79 Å². The Morgan fingerprint density at radius 2 is 1.76 bits per heavy atom. The van der Waals surface area contributed by atoms with Crippen molar-refractivity contribution in [2.24, 2.45) is 5.73 Å². The lowest BCUT2D eigenvalue weighted by atomic mass is 9.94. The summed E-state index contributed by atoms with van der Waals surface area (Å²) >= 11 is 0. The second kappa shape index (κ2) is 9.07. The van der Waals surface area contributed by atoms with Gasteiger partial charge in [-0.25, -0.2) is 0 Å². The number of carbonyl (C=O) groups is 1. The van der Waals surface area contributed by atoms with E-state index >= 15 is 0 Å². The minimum absolute atomic E-state index is 0. The summed E-state index contributed by atoms with van der Waals surface area (Å²) in [6.07, 6.45) is 1.69. The summed E-state index contributed by atoms with van der Waals surface area (Å²) in [5.74, 6) is -0.0425. The Bertz CT molecular complexity index is 690. The van der Waals surface area contributed by atoms with E-state index in [2.05, 4.69) is 35.9 Å². The first kappa shape index (κ1) is 21.3. The Balaban J connectivity index is 0.00000312. The molecule has 0 bridgehead atoms. The molecular formula is C20H30ClN3O. The summed E-state index contributed by atoms with van der Waals surface area (Å²) in [6.45, 7) is 9.43. The normalized spacial score (nSPS) is 11.1. The zero-order chi connectivity index (χ0) is 17.7. The first-order valence-electron chi connectivity index (χ1n) is 8.68. The zero-order valence-electron chi connectivity index (χ0n) is 15.6. The zero-order valence-corrected chi connectivity index (χ0v) is 16.5. The molecule has 2 aromatic rings. The van der Waals surface area contributed by atoms with Gasteiger partial charge in [-0.05, 0) is 38.3 Å². The van der Waals surface area contributed by atoms with Gasteiger partial charge in [-0.3, -0.25) is 4.79 Å². The van der Waals surface area contributed by atoms with Gasteiger partial charge in [0.2, 0.25) is 0 Å². The van der Waals surface area contributed by atoms with Gasteiger partial charge in [0, 0.05) is 30.0 Å². The van der Waals surface area contributed by atoms with Crippen LogP contribution in [0.2, 0.25) is 0 Å². The number of halogens is 1. The number of carbonyl (C=O) groups excluding carboxylic acids is 1. The number of hydrogen-bond acceptors (Lipinski definition) is 2. The molecule has 0 saturated carbocycles. The van der Waals surface area contributed by atoms with Gasteiger partial charge in [0.25, 0.3) is 5.91 Å². The van der Waals surface area contributed by atoms with Crippen molar-refractivity contribution in [3.8, 4) is 0 Å². The van der Waals surface area contributed by atoms with Crippen LogP contribution in [-0.2, 0) is 6.54 Å². The predicted octanol–water partition coefficient (Wildman–Crippen LogP) is 3.82. The smallest absolute Gasteiger partial charge is 0.253 e. The number of hydrogen-bond donors (Lipinski definition) is 2. The second-order valence-corrected chi connectivity index (χ2v) is 6.61. The first-order valence-corrected chi connectivity index (χ1v) is 8.68. The standard InChI is InChI=1S/C20H29N3O.ClH/c1-5-20(21,6-2)14-22-19(24)18-12-15(3)23(16(18)4)13-17-10-8-7-9-11-17;/h7-12H,5-6,13-14,21H2,1-4H3,(H,22,24);1H. The highest BCUT2D eigenvalue weighted by Crippen LogP contribution is 2.18. The van der Waals surface area contributed by atoms with E-state index in [1.54, 1.807) is 0 Å². The van der Waals surface area contributed by atoms with E-state index in [-0.39, 0.29) is 23.9 Å². The van der Waals surface area contributed by atoms with E-state index < -0.39 is 0 Å². The average Bonchev–Trinajstić information content (AvgIpc) is 2.88. The quantitative estimate of drug-likeness (QED) is 0.785. The highest BCUT2D eigenvalue weighted by molar-refractivity contribution is 5.95. The van der Waals surface area contributed by atoms with Crippen molar-refractivity contribution < 1.29 is 4.79 Å². The molecule has 0 fully saturated rings. The molecule has 0 spiro atoms. The van der Waals surface area contributed by atoms with Gasteiger partial charge in [0.05, 0.1) is 5.56 Å². The minimum atomic E-state index is -0.328. The molecular weight excluding hydrogens is 334 g/mol. The molecule has 1 aromatic heterocycles. The minimum Gasteiger partial charge on any atom is -0.350 e. The van der Waals surface area contributed by atoms with Crippen LogP contribution in [0.1, 0.15) is 54.0 Å². The number of benzene rings is 1. The van der Waals surface area contributed by atoms with Crippen molar-refractivity contribution in [3.63, 3.8) is 0 Å². The van der Waals surface area contributed by atoms with Crippen molar-refractivity contribution in [1.82, 2.24) is 9.88 Å². The SMILES string of the molecule is CCC(N)(CC)CNC(=O)c1cc(C)n(Cc2ccccc2)c1C.Cl. The van der Waals surface area contributed by atoms with Crippen LogP contribution < -0.4 is 11.1 Å². The molecule has 138 valence electrons. The van der Waals surface area contributed by atoms with Crippen LogP contribution in [-0.4, -0.2) is 22.6 Å². The molecule has 0 aliphatic rings. The Labute approximate surface area is 157 Å². The molecule has 0 radical (unpaired) electrons. The Hall–Kier alpha value is -1.78. The molecule has 4 nitrogen and oxygen atoms in total. The summed E-state index contributed by atoms with van der Waals surface area (Å²) in [7, 11) is 0. The van der Waals surface area contributed by atoms with Crippen molar-refractivity contribution in [2.75, 3.05) is 6.54 Å². The number of nitrogens with one attached hydrogen (secondary N) is 1. The third kappa shape index (κ3) is 5.10. The fraction of sp³-hybridized carbons (Fsp3) is 0.450. The lowest BCUT2D eigenvalue weighted by Gasteiger charge is -2.26. The van der Waals surface area contributed by atoms with E-state index in [0.717, 1.165) is 36.3 Å². The first-order chi connectivity index (χ1) is 11.4. The lowest BCUT2D eigenvalue weighted by Crippen LogP contribution is -2.49. The van der Waals surface area contributed by atoms with E-state index in [1.807, 2.05) is 38.1 Å². The average molecular weight is 364 g/mol. The van der Waals surface area contributed by atoms with E-state index in [4.69, 9.17) is 5.73 Å². The second-order valence-electron chi connectivity index (χ2n) is 6.61. The van der Waals surface area contributed by atoms with E-state index in [0.29, 0.717) is 6.54 Å². The van der Waals surface area contributed by atoms with Crippen molar-refractivity contribution in [1.29, 1.82) is 0 Å². The molecule has 3 N–H and O–H groups in total. The lowest BCUT2D eigenvalue weighted by molar-refractivity contribution is 0.0941. The van der Waals surface area contributed by atoms with Crippen LogP contribution in [0.5, 0.6) is 0 Å². The predicted molar refractivity (Wildman–Crippen MR) is 107 cm³/mol. The molecule has 0 unspecified atom stereocenters. The Kier molecular flexibility index (Phi) is 7.71. The van der Waals surface area contributed by atoms with Crippen LogP contribution >= 0.6 is 12.4 Å². The van der Waals surface area contributed by atoms with Crippen LogP contribution in [0, 0.1) is 13.8 Å². The summed E-state index contributed by atoms with van der Waals surface area (Å²) < 4.78 is 2.18. The molecule has 1 aromatic carbocycles. The van der Waals surface area contributed by atoms with Crippen molar-refractivity contribution >= 4 is 18.3 Å². The number of amides is 1. The van der Waals surface area contributed by atoms with Gasteiger partial charge in [0.15, 0.2) is 0 Å². The fourth-order valence-electron chi connectivity index (χ4n) is 2.89. The van der Waals surface area contributed by atoms with Gasteiger partial charge in [0.1, 0.15) is 0 Å². The molecule has 5 heteroatoms. The fourth-order valence-corrected chi connectivity index (χ4v) is 2.89. The molecule has 1 amide bonds. The Morgan fingerprint density at radius 3 is 2.32 bits per heavy atom. The maximum absolute atomic E-state index is 12.6. The summed E-state index contributed by atoms with van der Waals surface area (Å²) in [5, 5.41) is 3.01. The van der Waals surface area contributed by atoms with E-state index in [1.165, 1.54) is 5.56 Å². The van der Waals surface area contributed by atoms with Gasteiger partial charge >= 0.3 is 0 Å². The van der Waals surface area contributed by atoms with Crippen LogP contribution in [0.4, 0.5) is 0 Å². The van der Waals surface area contributed by atoms with Gasteiger partial charge in [-0.2, -0.15) is 0 Å². The topological polar surface area (TPSA) is 60.0 Å². The maximum Gasteiger partial charge on any atom is 0.253 e. The third-order valence-electron chi connectivity index (χ3n) is 5.01. The Morgan fingerprint density at radius 1 is 1.16 bits per heavy atom. The van der Waals surface area contributed by atoms with Crippen molar-refractivity contribution in [3.05, 3.63) is 58.9 Å². The molecule has 2 rings (SSSR count). The van der Waals surface area contributed by atoms with Crippen LogP contribution in [0.3, 0.4) is 0 Å². The van der Waals surface area contributed by atoms with Crippen LogP contribution in [0.25, 0.3) is 0 Å². The molecule has 0 atom stereocenters. The highest BCUT2D eigenvalue weighted by Gasteiger charge is 2.22. The van der Waals surface area contributed by atoms with Gasteiger partial charge in [-0.15, -0.1) is 12.4 Å². The molecule has 0 aliphatic heterocycles.